The topological polar surface area (TPSA) is 73.3 Å². The second-order valence-corrected chi connectivity index (χ2v) is 5.83. The van der Waals surface area contributed by atoms with Gasteiger partial charge in [-0.2, -0.15) is 0 Å². The number of rotatable bonds is 8. The van der Waals surface area contributed by atoms with Crippen LogP contribution in [0.2, 0.25) is 0 Å². The van der Waals surface area contributed by atoms with Gasteiger partial charge in [0.1, 0.15) is 11.5 Å². The van der Waals surface area contributed by atoms with Crippen molar-refractivity contribution in [2.75, 3.05) is 0 Å². The average Bonchev–Trinajstić information content (AvgIpc) is 2.67. The molecular formula is C23H25N3O. The predicted octanol–water partition coefficient (Wildman–Crippen LogP) is 4.81. The van der Waals surface area contributed by atoms with Gasteiger partial charge in [0.05, 0.1) is 5.70 Å². The van der Waals surface area contributed by atoms with Crippen LogP contribution in [0.15, 0.2) is 109 Å². The molecular weight excluding hydrogens is 334 g/mol. The van der Waals surface area contributed by atoms with Gasteiger partial charge >= 0.3 is 0 Å². The summed E-state index contributed by atoms with van der Waals surface area (Å²) in [5.41, 5.74) is 12.6. The molecule has 0 aliphatic heterocycles. The van der Waals surface area contributed by atoms with E-state index < -0.39 is 0 Å². The Hall–Kier alpha value is -3.50. The fourth-order valence-electron chi connectivity index (χ4n) is 2.67. The first kappa shape index (κ1) is 19.8. The van der Waals surface area contributed by atoms with Gasteiger partial charge in [-0.05, 0) is 72.3 Å². The molecule has 0 spiro atoms. The number of hydrazine groups is 1. The molecule has 138 valence electrons. The number of nitrogens with two attached hydrogens (primary N) is 2. The number of hydrogen-bond acceptors (Lipinski definition) is 4. The highest BCUT2D eigenvalue weighted by atomic mass is 16.5. The SMILES string of the molecule is C=C/C=C(\C=C/N)C(/C(=C)C)=C(/NN)c1ccc(Oc2ccccc2)cc1. The molecule has 0 saturated heterocycles. The lowest BCUT2D eigenvalue weighted by Gasteiger charge is -2.17. The molecule has 0 aliphatic rings. The Kier molecular flexibility index (Phi) is 7.23. The molecule has 0 radical (unpaired) electrons. The summed E-state index contributed by atoms with van der Waals surface area (Å²) in [6, 6.07) is 17.3. The molecule has 0 amide bonds. The summed E-state index contributed by atoms with van der Waals surface area (Å²) >= 11 is 0. The van der Waals surface area contributed by atoms with Gasteiger partial charge in [-0.1, -0.05) is 43.5 Å². The van der Waals surface area contributed by atoms with Crippen molar-refractivity contribution in [3.8, 4) is 11.5 Å². The minimum absolute atomic E-state index is 0.736. The molecule has 0 fully saturated rings. The van der Waals surface area contributed by atoms with Crippen molar-refractivity contribution in [3.63, 3.8) is 0 Å². The van der Waals surface area contributed by atoms with E-state index in [4.69, 9.17) is 16.3 Å². The highest BCUT2D eigenvalue weighted by molar-refractivity contribution is 5.76. The first-order chi connectivity index (χ1) is 13.1. The lowest BCUT2D eigenvalue weighted by Crippen LogP contribution is -2.22. The number of ether oxygens (including phenoxy) is 1. The van der Waals surface area contributed by atoms with E-state index in [1.807, 2.05) is 67.6 Å². The van der Waals surface area contributed by atoms with E-state index in [0.717, 1.165) is 39.5 Å². The summed E-state index contributed by atoms with van der Waals surface area (Å²) in [6.45, 7) is 9.76. The van der Waals surface area contributed by atoms with Crippen molar-refractivity contribution in [3.05, 3.63) is 114 Å². The zero-order valence-electron chi connectivity index (χ0n) is 15.5. The molecule has 0 aliphatic carbocycles. The molecule has 0 heterocycles. The van der Waals surface area contributed by atoms with Crippen LogP contribution in [-0.2, 0) is 0 Å². The van der Waals surface area contributed by atoms with E-state index in [0.29, 0.717) is 0 Å². The third-order valence-corrected chi connectivity index (χ3v) is 3.80. The number of benzene rings is 2. The lowest BCUT2D eigenvalue weighted by molar-refractivity contribution is 0.482. The summed E-state index contributed by atoms with van der Waals surface area (Å²) in [5.74, 6) is 7.37. The van der Waals surface area contributed by atoms with E-state index in [1.165, 1.54) is 6.20 Å². The minimum Gasteiger partial charge on any atom is -0.457 e. The molecule has 0 unspecified atom stereocenters. The van der Waals surface area contributed by atoms with Crippen LogP contribution in [0.5, 0.6) is 11.5 Å². The van der Waals surface area contributed by atoms with Gasteiger partial charge in [0.2, 0.25) is 0 Å². The van der Waals surface area contributed by atoms with Crippen molar-refractivity contribution >= 4 is 5.70 Å². The predicted molar refractivity (Wildman–Crippen MR) is 114 cm³/mol. The number of hydrogen-bond donors (Lipinski definition) is 3. The summed E-state index contributed by atoms with van der Waals surface area (Å²) in [7, 11) is 0. The van der Waals surface area contributed by atoms with Crippen molar-refractivity contribution in [1.82, 2.24) is 5.43 Å². The van der Waals surface area contributed by atoms with Gasteiger partial charge in [0.15, 0.2) is 0 Å². The smallest absolute Gasteiger partial charge is 0.127 e. The minimum atomic E-state index is 0.736. The van der Waals surface area contributed by atoms with Gasteiger partial charge in [-0.15, -0.1) is 0 Å². The standard InChI is InChI=1S/C23H25N3O/c1-4-8-18(15-16-24)22(17(2)3)23(26-25)19-11-13-21(14-12-19)27-20-9-6-5-7-10-20/h4-16,26H,1-2,24-25H2,3H3/b16-15-,18-8+,23-22+. The van der Waals surface area contributed by atoms with E-state index in [1.54, 1.807) is 12.2 Å². The molecule has 2 aromatic carbocycles. The molecule has 4 nitrogen and oxygen atoms in total. The van der Waals surface area contributed by atoms with Crippen molar-refractivity contribution in [2.45, 2.75) is 6.92 Å². The van der Waals surface area contributed by atoms with Crippen LogP contribution in [0.25, 0.3) is 5.70 Å². The molecule has 2 rings (SSSR count). The number of para-hydroxylation sites is 1. The van der Waals surface area contributed by atoms with E-state index in [9.17, 15) is 0 Å². The van der Waals surface area contributed by atoms with Crippen LogP contribution < -0.4 is 21.7 Å². The monoisotopic (exact) mass is 359 g/mol. The third kappa shape index (κ3) is 5.23. The van der Waals surface area contributed by atoms with Crippen molar-refractivity contribution < 1.29 is 4.74 Å². The summed E-state index contributed by atoms with van der Waals surface area (Å²) in [5, 5.41) is 0. The summed E-state index contributed by atoms with van der Waals surface area (Å²) in [4.78, 5) is 0. The Morgan fingerprint density at radius 2 is 1.67 bits per heavy atom. The maximum Gasteiger partial charge on any atom is 0.127 e. The second-order valence-electron chi connectivity index (χ2n) is 5.83. The first-order valence-corrected chi connectivity index (χ1v) is 8.52. The van der Waals surface area contributed by atoms with Crippen LogP contribution in [0.1, 0.15) is 12.5 Å². The van der Waals surface area contributed by atoms with Crippen LogP contribution in [0.4, 0.5) is 0 Å². The van der Waals surface area contributed by atoms with E-state index in [-0.39, 0.29) is 0 Å². The molecule has 4 heteroatoms. The van der Waals surface area contributed by atoms with E-state index >= 15 is 0 Å². The number of allylic oxidation sites excluding steroid dienone is 6. The average molecular weight is 359 g/mol. The Bertz CT molecular complexity index is 876. The van der Waals surface area contributed by atoms with Crippen molar-refractivity contribution in [2.24, 2.45) is 11.6 Å². The highest BCUT2D eigenvalue weighted by Gasteiger charge is 2.13. The maximum atomic E-state index is 5.85. The Labute approximate surface area is 160 Å². The molecule has 0 aromatic heterocycles. The quantitative estimate of drug-likeness (QED) is 0.359. The van der Waals surface area contributed by atoms with Crippen LogP contribution in [0.3, 0.4) is 0 Å². The van der Waals surface area contributed by atoms with Gasteiger partial charge in [0.25, 0.3) is 0 Å². The molecule has 5 N–H and O–H groups in total. The summed E-state index contributed by atoms with van der Waals surface area (Å²) in [6.07, 6.45) is 6.82. The van der Waals surface area contributed by atoms with Crippen LogP contribution >= 0.6 is 0 Å². The highest BCUT2D eigenvalue weighted by Crippen LogP contribution is 2.29. The van der Waals surface area contributed by atoms with E-state index in [2.05, 4.69) is 18.6 Å². The Morgan fingerprint density at radius 3 is 2.19 bits per heavy atom. The fraction of sp³-hybridized carbons (Fsp3) is 0.0435. The van der Waals surface area contributed by atoms with Gasteiger partial charge in [-0.25, -0.2) is 0 Å². The number of nitrogens with one attached hydrogen (secondary N) is 1. The molecule has 2 aromatic rings. The lowest BCUT2D eigenvalue weighted by atomic mass is 9.94. The second kappa shape index (κ2) is 9.85. The van der Waals surface area contributed by atoms with Crippen LogP contribution in [0, 0.1) is 0 Å². The fourth-order valence-corrected chi connectivity index (χ4v) is 2.67. The summed E-state index contributed by atoms with van der Waals surface area (Å²) < 4.78 is 5.84. The van der Waals surface area contributed by atoms with Gasteiger partial charge in [0, 0.05) is 5.57 Å². The van der Waals surface area contributed by atoms with Crippen LogP contribution in [-0.4, -0.2) is 0 Å². The Morgan fingerprint density at radius 1 is 1.04 bits per heavy atom. The normalized spacial score (nSPS) is 12.4. The molecule has 0 bridgehead atoms. The maximum absolute atomic E-state index is 5.85. The zero-order chi connectivity index (χ0) is 19.6. The Balaban J connectivity index is 2.44. The van der Waals surface area contributed by atoms with Gasteiger partial charge in [-0.3, -0.25) is 5.84 Å². The van der Waals surface area contributed by atoms with Crippen molar-refractivity contribution in [1.29, 1.82) is 0 Å². The third-order valence-electron chi connectivity index (χ3n) is 3.80. The van der Waals surface area contributed by atoms with Gasteiger partial charge < -0.3 is 15.9 Å². The first-order valence-electron chi connectivity index (χ1n) is 8.52. The zero-order valence-corrected chi connectivity index (χ0v) is 15.5. The largest absolute Gasteiger partial charge is 0.457 e. The molecule has 0 saturated carbocycles. The molecule has 0 atom stereocenters. The molecule has 27 heavy (non-hydrogen) atoms.